The summed E-state index contributed by atoms with van der Waals surface area (Å²) in [5.41, 5.74) is 3.61. The maximum Gasteiger partial charge on any atom is 0.316 e. The molecule has 33 heavy (non-hydrogen) atoms. The normalized spacial score (nSPS) is 14.3. The molecule has 0 fully saturated rings. The Morgan fingerprint density at radius 1 is 1.00 bits per heavy atom. The van der Waals surface area contributed by atoms with Crippen LogP contribution in [0.25, 0.3) is 10.8 Å². The molecule has 3 aromatic rings. The van der Waals surface area contributed by atoms with Crippen LogP contribution in [0.1, 0.15) is 36.0 Å². The lowest BCUT2D eigenvalue weighted by Crippen LogP contribution is -2.31. The number of nitrogens with one attached hydrogen (secondary N) is 1. The van der Waals surface area contributed by atoms with Crippen molar-refractivity contribution in [2.45, 2.75) is 44.0 Å². The lowest BCUT2D eigenvalue weighted by Gasteiger charge is -2.28. The van der Waals surface area contributed by atoms with E-state index in [2.05, 4.69) is 9.62 Å². The van der Waals surface area contributed by atoms with Crippen molar-refractivity contribution in [3.8, 4) is 0 Å². The minimum absolute atomic E-state index is 0.0975. The Hall–Kier alpha value is -2.81. The molecule has 1 aliphatic rings. The molecular weight excluding hydrogens is 438 g/mol. The molecule has 7 nitrogen and oxygen atoms in total. The average Bonchev–Trinajstić information content (AvgIpc) is 2.81. The summed E-state index contributed by atoms with van der Waals surface area (Å²) in [6.45, 7) is 5.02. The average molecular weight is 469 g/mol. The highest BCUT2D eigenvalue weighted by atomic mass is 32.2. The minimum Gasteiger partial charge on any atom is -0.299 e. The first-order valence-corrected chi connectivity index (χ1v) is 12.8. The number of hydrogen-bond acceptors (Lipinski definition) is 4. The van der Waals surface area contributed by atoms with Gasteiger partial charge in [0, 0.05) is 37.2 Å². The van der Waals surface area contributed by atoms with Crippen LogP contribution in [0.3, 0.4) is 0 Å². The largest absolute Gasteiger partial charge is 0.316 e. The maximum atomic E-state index is 12.9. The zero-order valence-electron chi connectivity index (χ0n) is 18.8. The van der Waals surface area contributed by atoms with Gasteiger partial charge in [-0.05, 0) is 60.9 Å². The van der Waals surface area contributed by atoms with Crippen LogP contribution in [0, 0.1) is 11.8 Å². The smallest absolute Gasteiger partial charge is 0.299 e. The van der Waals surface area contributed by atoms with Gasteiger partial charge in [0.25, 0.3) is 4.92 Å². The molecule has 0 unspecified atom stereocenters. The molecule has 8 heteroatoms. The van der Waals surface area contributed by atoms with Gasteiger partial charge >= 0.3 is 5.69 Å². The van der Waals surface area contributed by atoms with Gasteiger partial charge < -0.3 is 0 Å². The van der Waals surface area contributed by atoms with E-state index in [0.717, 1.165) is 67.2 Å². The Balaban J connectivity index is 1.25. The first kappa shape index (κ1) is 23.4. The summed E-state index contributed by atoms with van der Waals surface area (Å²) < 4.78 is 28.5. The van der Waals surface area contributed by atoms with E-state index in [0.29, 0.717) is 11.4 Å². The van der Waals surface area contributed by atoms with Crippen LogP contribution < -0.4 is 4.72 Å². The van der Waals surface area contributed by atoms with Crippen LogP contribution in [0.2, 0.25) is 0 Å². The van der Waals surface area contributed by atoms with Crippen LogP contribution in [0.4, 0.5) is 5.69 Å². The molecule has 0 aliphatic carbocycles. The third-order valence-electron chi connectivity index (χ3n) is 6.34. The third kappa shape index (κ3) is 5.40. The van der Waals surface area contributed by atoms with E-state index in [-0.39, 0.29) is 10.6 Å². The number of sulfonamides is 1. The summed E-state index contributed by atoms with van der Waals surface area (Å²) in [6, 6.07) is 16.4. The molecule has 0 saturated carbocycles. The predicted octanol–water partition coefficient (Wildman–Crippen LogP) is 4.45. The van der Waals surface area contributed by atoms with Gasteiger partial charge in [-0.1, -0.05) is 42.8 Å². The van der Waals surface area contributed by atoms with Crippen molar-refractivity contribution in [2.75, 3.05) is 19.6 Å². The summed E-state index contributed by atoms with van der Waals surface area (Å²) in [6.07, 6.45) is 3.58. The molecular formula is C25H30N3O4S+. The second-order valence-corrected chi connectivity index (χ2v) is 10.4. The third-order valence-corrected chi connectivity index (χ3v) is 7.86. The molecule has 2 N–H and O–H groups in total. The molecule has 0 bridgehead atoms. The SMILES string of the molecule is Cc1ccc(S(=O)(=O)NCCCCCN2CCc3ccc([N+](=O)O)cc3C2)c2ccccc12. The zero-order valence-corrected chi connectivity index (χ0v) is 19.6. The fourth-order valence-electron chi connectivity index (χ4n) is 4.49. The van der Waals surface area contributed by atoms with E-state index in [1.165, 1.54) is 5.56 Å². The second-order valence-electron chi connectivity index (χ2n) is 8.64. The van der Waals surface area contributed by atoms with Crippen molar-refractivity contribution in [2.24, 2.45) is 0 Å². The van der Waals surface area contributed by atoms with Crippen LogP contribution in [-0.2, 0) is 23.0 Å². The van der Waals surface area contributed by atoms with Crippen molar-refractivity contribution < 1.29 is 18.5 Å². The van der Waals surface area contributed by atoms with E-state index < -0.39 is 10.0 Å². The first-order valence-electron chi connectivity index (χ1n) is 11.3. The topological polar surface area (TPSA) is 89.7 Å². The van der Waals surface area contributed by atoms with E-state index in [1.807, 2.05) is 43.3 Å². The van der Waals surface area contributed by atoms with Crippen LogP contribution in [0.15, 0.2) is 59.5 Å². The van der Waals surface area contributed by atoms with Gasteiger partial charge in [0.1, 0.15) is 0 Å². The second kappa shape index (κ2) is 9.99. The lowest BCUT2D eigenvalue weighted by atomic mass is 9.99. The monoisotopic (exact) mass is 468 g/mol. The van der Waals surface area contributed by atoms with Crippen molar-refractivity contribution in [1.82, 2.24) is 9.62 Å². The molecule has 0 aromatic heterocycles. The Kier molecular flexibility index (Phi) is 7.07. The fraction of sp³-hybridized carbons (Fsp3) is 0.360. The number of nitrogens with zero attached hydrogens (tertiary/aromatic N) is 2. The highest BCUT2D eigenvalue weighted by Crippen LogP contribution is 2.26. The highest BCUT2D eigenvalue weighted by Gasteiger charge is 2.21. The molecule has 0 atom stereocenters. The molecule has 1 aliphatic heterocycles. The first-order chi connectivity index (χ1) is 15.8. The number of aryl methyl sites for hydroxylation is 1. The van der Waals surface area contributed by atoms with Crippen LogP contribution in [-0.4, -0.2) is 43.1 Å². The van der Waals surface area contributed by atoms with Gasteiger partial charge in [0.05, 0.1) is 9.80 Å². The summed E-state index contributed by atoms with van der Waals surface area (Å²) in [5.74, 6) is 0. The number of unbranched alkanes of at least 4 members (excludes halogenated alkanes) is 2. The summed E-state index contributed by atoms with van der Waals surface area (Å²) in [4.78, 5) is 13.7. The molecule has 3 aromatic carbocycles. The summed E-state index contributed by atoms with van der Waals surface area (Å²) in [7, 11) is -3.57. The van der Waals surface area contributed by atoms with E-state index in [9.17, 15) is 13.3 Å². The highest BCUT2D eigenvalue weighted by molar-refractivity contribution is 7.89. The summed E-state index contributed by atoms with van der Waals surface area (Å²) >= 11 is 0. The predicted molar refractivity (Wildman–Crippen MR) is 128 cm³/mol. The van der Waals surface area contributed by atoms with Crippen molar-refractivity contribution in [1.29, 1.82) is 0 Å². The van der Waals surface area contributed by atoms with E-state index in [1.54, 1.807) is 18.2 Å². The van der Waals surface area contributed by atoms with Gasteiger partial charge in [0.2, 0.25) is 10.0 Å². The van der Waals surface area contributed by atoms with Crippen LogP contribution >= 0.6 is 0 Å². The summed E-state index contributed by atoms with van der Waals surface area (Å²) in [5, 5.41) is 10.8. The van der Waals surface area contributed by atoms with Crippen molar-refractivity contribution >= 4 is 26.5 Å². The lowest BCUT2D eigenvalue weighted by molar-refractivity contribution is -0.729. The number of benzene rings is 3. The van der Waals surface area contributed by atoms with Crippen LogP contribution in [0.5, 0.6) is 0 Å². The number of fused-ring (bicyclic) bond motifs is 2. The quantitative estimate of drug-likeness (QED) is 0.358. The minimum atomic E-state index is -3.57. The standard InChI is InChI=1S/C25H30N3O4S/c1-19-9-12-25(24-8-4-3-7-23(19)24)33(31,32)26-14-5-2-6-15-27-16-13-20-10-11-22(28(29)30)17-21(20)18-27/h3-4,7-12,17,26H,2,5-6,13-16,18H2,1H3,(H,29,30)/q+1. The van der Waals surface area contributed by atoms with Gasteiger partial charge in [-0.15, -0.1) is 0 Å². The molecule has 174 valence electrons. The molecule has 0 amide bonds. The van der Waals surface area contributed by atoms with Gasteiger partial charge in [-0.3, -0.25) is 4.90 Å². The number of rotatable bonds is 9. The van der Waals surface area contributed by atoms with E-state index >= 15 is 0 Å². The molecule has 1 heterocycles. The van der Waals surface area contributed by atoms with Crippen molar-refractivity contribution in [3.05, 3.63) is 76.2 Å². The Morgan fingerprint density at radius 2 is 1.79 bits per heavy atom. The van der Waals surface area contributed by atoms with E-state index in [4.69, 9.17) is 5.21 Å². The Morgan fingerprint density at radius 3 is 2.58 bits per heavy atom. The Labute approximate surface area is 194 Å². The van der Waals surface area contributed by atoms with Gasteiger partial charge in [-0.2, -0.15) is 0 Å². The molecule has 4 rings (SSSR count). The molecule has 0 spiro atoms. The zero-order chi connectivity index (χ0) is 23.4. The molecule has 0 saturated heterocycles. The number of hydrogen-bond donors (Lipinski definition) is 2. The van der Waals surface area contributed by atoms with Gasteiger partial charge in [0.15, 0.2) is 0 Å². The van der Waals surface area contributed by atoms with Gasteiger partial charge in [-0.25, -0.2) is 18.3 Å². The molecule has 0 radical (unpaired) electrons. The maximum absolute atomic E-state index is 12.9. The fourth-order valence-corrected chi connectivity index (χ4v) is 5.77. The van der Waals surface area contributed by atoms with Crippen molar-refractivity contribution in [3.63, 3.8) is 0 Å². The Bertz CT molecular complexity index is 1270.